The van der Waals surface area contributed by atoms with E-state index in [0.29, 0.717) is 5.75 Å². The first-order valence-corrected chi connectivity index (χ1v) is 12.6. The maximum atomic E-state index is 11.1. The van der Waals surface area contributed by atoms with Gasteiger partial charge in [0, 0.05) is 0 Å². The van der Waals surface area contributed by atoms with Gasteiger partial charge in [-0.25, -0.2) is 0 Å². The topological polar surface area (TPSA) is 26.3 Å². The normalized spacial score (nSPS) is 10.5. The van der Waals surface area contributed by atoms with E-state index in [2.05, 4.69) is 72.8 Å². The zero-order chi connectivity index (χ0) is 16.1. The van der Waals surface area contributed by atoms with Gasteiger partial charge in [0.1, 0.15) is 0 Å². The van der Waals surface area contributed by atoms with Crippen molar-refractivity contribution in [2.75, 3.05) is 0 Å². The zero-order valence-electron chi connectivity index (χ0n) is 12.8. The fourth-order valence-electron chi connectivity index (χ4n) is 2.43. The van der Waals surface area contributed by atoms with Crippen molar-refractivity contribution in [3.8, 4) is 5.75 Å². The molecule has 3 aromatic carbocycles. The average Bonchev–Trinajstić information content (AvgIpc) is 2.58. The summed E-state index contributed by atoms with van der Waals surface area (Å²) in [6.07, 6.45) is 0. The van der Waals surface area contributed by atoms with Gasteiger partial charge in [-0.05, 0) is 0 Å². The molecule has 3 heteroatoms. The molecule has 0 aliphatic carbocycles. The molecule has 0 unspecified atom stereocenters. The summed E-state index contributed by atoms with van der Waals surface area (Å²) in [5.41, 5.74) is 0. The third kappa shape index (κ3) is 4.06. The predicted molar refractivity (Wildman–Crippen MR) is 95.3 cm³/mol. The molecule has 3 rings (SSSR count). The van der Waals surface area contributed by atoms with Gasteiger partial charge in [-0.15, -0.1) is 0 Å². The molecule has 0 aromatic heterocycles. The van der Waals surface area contributed by atoms with Crippen LogP contribution in [0, 0.1) is 0 Å². The van der Waals surface area contributed by atoms with Gasteiger partial charge in [0.05, 0.1) is 0 Å². The molecule has 114 valence electrons. The number of hydrogen-bond donors (Lipinski definition) is 0. The number of benzene rings is 3. The van der Waals surface area contributed by atoms with Crippen LogP contribution in [0.25, 0.3) is 0 Å². The van der Waals surface area contributed by atoms with Crippen LogP contribution < -0.4 is 14.6 Å². The molecule has 0 aliphatic rings. The van der Waals surface area contributed by atoms with Crippen LogP contribution in [0.4, 0.5) is 0 Å². The number of rotatable bonds is 4. The summed E-state index contributed by atoms with van der Waals surface area (Å²) in [5.74, 6) is 0.315. The molecule has 2 nitrogen and oxygen atoms in total. The summed E-state index contributed by atoms with van der Waals surface area (Å²) in [6, 6.07) is 29.4. The van der Waals surface area contributed by atoms with Gasteiger partial charge in [0.2, 0.25) is 0 Å². The molecule has 23 heavy (non-hydrogen) atoms. The summed E-state index contributed by atoms with van der Waals surface area (Å²) < 4.78 is 9.39. The van der Waals surface area contributed by atoms with E-state index in [1.54, 1.807) is 0 Å². The first-order valence-electron chi connectivity index (χ1n) is 7.43. The van der Waals surface area contributed by atoms with E-state index in [1.807, 2.05) is 12.1 Å². The Morgan fingerprint density at radius 2 is 1.13 bits per heavy atom. The zero-order valence-corrected chi connectivity index (χ0v) is 16.3. The van der Waals surface area contributed by atoms with E-state index in [4.69, 9.17) is 4.74 Å². The Balaban J connectivity index is 2.00. The number of esters is 1. The third-order valence-electron chi connectivity index (χ3n) is 3.39. The van der Waals surface area contributed by atoms with Crippen LogP contribution in [0.5, 0.6) is 5.75 Å². The van der Waals surface area contributed by atoms with Gasteiger partial charge >= 0.3 is 145 Å². The van der Waals surface area contributed by atoms with Gasteiger partial charge in [0.25, 0.3) is 0 Å². The van der Waals surface area contributed by atoms with Crippen LogP contribution in [0.2, 0.25) is 0 Å². The molecule has 3 aromatic rings. The molecule has 0 aliphatic heterocycles. The molecule has 0 N–H and O–H groups in total. The second-order valence-electron chi connectivity index (χ2n) is 5.09. The molecular weight excluding hydrogens is 481 g/mol. The Kier molecular flexibility index (Phi) is 5.20. The number of carbonyl (C=O) groups excluding carboxylic acids is 1. The van der Waals surface area contributed by atoms with E-state index in [-0.39, 0.29) is 5.97 Å². The van der Waals surface area contributed by atoms with E-state index in [1.165, 1.54) is 16.7 Å². The van der Waals surface area contributed by atoms with Crippen molar-refractivity contribution in [3.63, 3.8) is 0 Å². The van der Waals surface area contributed by atoms with E-state index < -0.39 is 21.8 Å². The summed E-state index contributed by atoms with van der Waals surface area (Å²) in [6.45, 7) is 1.42. The molecule has 0 saturated heterocycles. The Morgan fingerprint density at radius 3 is 1.57 bits per heavy atom. The van der Waals surface area contributed by atoms with Gasteiger partial charge in [-0.3, -0.25) is 0 Å². The number of carbonyl (C=O) groups is 1. The van der Waals surface area contributed by atoms with Crippen LogP contribution >= 0.6 is 0 Å². The monoisotopic (exact) mass is 498 g/mol. The second kappa shape index (κ2) is 7.52. The van der Waals surface area contributed by atoms with Crippen molar-refractivity contribution in [1.82, 2.24) is 0 Å². The van der Waals surface area contributed by atoms with Crippen LogP contribution in [0.1, 0.15) is 6.92 Å². The molecule has 0 radical (unpaired) electrons. The van der Waals surface area contributed by atoms with Crippen LogP contribution in [-0.2, 0) is 4.79 Å². The maximum absolute atomic E-state index is 11.1. The molecular formula is C20H17BiO2. The third-order valence-corrected chi connectivity index (χ3v) is 12.9. The second-order valence-corrected chi connectivity index (χ2v) is 13.7. The molecule has 0 atom stereocenters. The molecule has 0 saturated carbocycles. The van der Waals surface area contributed by atoms with Crippen molar-refractivity contribution < 1.29 is 9.53 Å². The van der Waals surface area contributed by atoms with Gasteiger partial charge in [-0.2, -0.15) is 0 Å². The van der Waals surface area contributed by atoms with Crippen molar-refractivity contribution in [2.45, 2.75) is 6.92 Å². The van der Waals surface area contributed by atoms with Crippen molar-refractivity contribution in [1.29, 1.82) is 0 Å². The van der Waals surface area contributed by atoms with Gasteiger partial charge < -0.3 is 0 Å². The molecule has 0 bridgehead atoms. The van der Waals surface area contributed by atoms with Gasteiger partial charge in [-0.1, -0.05) is 0 Å². The molecule has 0 fully saturated rings. The fraction of sp³-hybridized carbons (Fsp3) is 0.0500. The van der Waals surface area contributed by atoms with E-state index in [9.17, 15) is 4.79 Å². The summed E-state index contributed by atoms with van der Waals surface area (Å²) >= 11 is -2.28. The summed E-state index contributed by atoms with van der Waals surface area (Å²) in [4.78, 5) is 11.1. The fourth-order valence-corrected chi connectivity index (χ4v) is 11.3. The summed E-state index contributed by atoms with van der Waals surface area (Å²) in [5, 5.41) is 0. The Hall–Kier alpha value is -1.99. The van der Waals surface area contributed by atoms with Crippen LogP contribution in [0.3, 0.4) is 0 Å². The first kappa shape index (κ1) is 15.9. The van der Waals surface area contributed by atoms with Crippen molar-refractivity contribution in [3.05, 3.63) is 84.9 Å². The molecule has 0 amide bonds. The van der Waals surface area contributed by atoms with E-state index >= 15 is 0 Å². The standard InChI is InChI=1S/C8H7O2.2C6H5.Bi/c1-7(9)10-8-5-3-2-4-6-8;2*1-2-4-6-5-3-1;/h3-6H,1H3;2*1-5H;. The minimum atomic E-state index is -2.28. The van der Waals surface area contributed by atoms with E-state index in [0.717, 1.165) is 0 Å². The molecule has 0 spiro atoms. The van der Waals surface area contributed by atoms with Crippen molar-refractivity contribution >= 4 is 37.5 Å². The predicted octanol–water partition coefficient (Wildman–Crippen LogP) is 2.13. The van der Waals surface area contributed by atoms with Crippen molar-refractivity contribution in [2.24, 2.45) is 0 Å². The summed E-state index contributed by atoms with van der Waals surface area (Å²) in [7, 11) is 0. The van der Waals surface area contributed by atoms with Crippen LogP contribution in [-0.4, -0.2) is 27.7 Å². The Morgan fingerprint density at radius 1 is 0.696 bits per heavy atom. The minimum absolute atomic E-state index is 0.289. The number of ether oxygens (including phenoxy) is 1. The Labute approximate surface area is 144 Å². The molecule has 0 heterocycles. The first-order chi connectivity index (χ1) is 11.2. The van der Waals surface area contributed by atoms with Crippen LogP contribution in [0.15, 0.2) is 84.9 Å². The number of hydrogen-bond acceptors (Lipinski definition) is 2. The Bertz CT molecular complexity index is 728. The SMILES string of the molecule is CC(=O)Oc1cc[c]([Bi]([c]2ccccc2)[c]2ccccc2)cc1. The quantitative estimate of drug-likeness (QED) is 0.313. The van der Waals surface area contributed by atoms with Gasteiger partial charge in [0.15, 0.2) is 0 Å². The average molecular weight is 498 g/mol.